The summed E-state index contributed by atoms with van der Waals surface area (Å²) in [6.45, 7) is 5.03. The van der Waals surface area contributed by atoms with Crippen LogP contribution in [0.4, 0.5) is 0 Å². The molecule has 24 heavy (non-hydrogen) atoms. The lowest BCUT2D eigenvalue weighted by atomic mass is 9.94. The number of hydrogen-bond acceptors (Lipinski definition) is 3. The van der Waals surface area contributed by atoms with Gasteiger partial charge in [0.25, 0.3) is 0 Å². The van der Waals surface area contributed by atoms with E-state index in [1.54, 1.807) is 7.11 Å². The summed E-state index contributed by atoms with van der Waals surface area (Å²) in [6.07, 6.45) is 3.74. The molecule has 2 rings (SSSR count). The van der Waals surface area contributed by atoms with Crippen LogP contribution in [0.3, 0.4) is 0 Å². The number of ether oxygens (including phenoxy) is 1. The minimum atomic E-state index is 0. The normalized spacial score (nSPS) is 16.4. The number of rotatable bonds is 7. The molecule has 1 aromatic carbocycles. The van der Waals surface area contributed by atoms with Gasteiger partial charge in [-0.25, -0.2) is 0 Å². The van der Waals surface area contributed by atoms with E-state index >= 15 is 0 Å². The van der Waals surface area contributed by atoms with Crippen molar-refractivity contribution in [3.05, 3.63) is 29.8 Å². The maximum atomic E-state index is 12.5. The second-order valence-electron chi connectivity index (χ2n) is 6.71. The summed E-state index contributed by atoms with van der Waals surface area (Å²) in [7, 11) is 3.70. The topological polar surface area (TPSA) is 41.6 Å². The van der Waals surface area contributed by atoms with E-state index in [2.05, 4.69) is 18.3 Å². The second kappa shape index (κ2) is 10.6. The number of piperidine rings is 1. The lowest BCUT2D eigenvalue weighted by Crippen LogP contribution is -2.41. The largest absolute Gasteiger partial charge is 0.496 e. The molecule has 0 saturated carbocycles. The highest BCUT2D eigenvalue weighted by Gasteiger charge is 2.23. The van der Waals surface area contributed by atoms with Crippen molar-refractivity contribution in [3.63, 3.8) is 0 Å². The van der Waals surface area contributed by atoms with Gasteiger partial charge < -0.3 is 15.0 Å². The van der Waals surface area contributed by atoms with Crippen LogP contribution in [-0.2, 0) is 11.2 Å². The van der Waals surface area contributed by atoms with E-state index in [1.165, 1.54) is 5.56 Å². The number of methoxy groups -OCH3 is 1. The maximum absolute atomic E-state index is 12.5. The van der Waals surface area contributed by atoms with Crippen LogP contribution in [0.5, 0.6) is 5.75 Å². The molecule has 1 atom stereocenters. The third-order valence-corrected chi connectivity index (χ3v) is 4.74. The predicted molar refractivity (Wildman–Crippen MR) is 101 cm³/mol. The summed E-state index contributed by atoms with van der Waals surface area (Å²) in [5.41, 5.74) is 1.18. The molecule has 1 fully saturated rings. The monoisotopic (exact) mass is 354 g/mol. The summed E-state index contributed by atoms with van der Waals surface area (Å²) in [4.78, 5) is 14.5. The zero-order valence-corrected chi connectivity index (χ0v) is 15.9. The van der Waals surface area contributed by atoms with Crippen LogP contribution in [0.15, 0.2) is 24.3 Å². The van der Waals surface area contributed by atoms with E-state index in [4.69, 9.17) is 4.74 Å². The molecule has 1 amide bonds. The molecule has 1 unspecified atom stereocenters. The zero-order valence-electron chi connectivity index (χ0n) is 15.1. The van der Waals surface area contributed by atoms with Gasteiger partial charge in [-0.15, -0.1) is 12.4 Å². The summed E-state index contributed by atoms with van der Waals surface area (Å²) >= 11 is 0. The van der Waals surface area contributed by atoms with Crippen LogP contribution in [0, 0.1) is 11.8 Å². The Morgan fingerprint density at radius 2 is 2.00 bits per heavy atom. The molecule has 0 bridgehead atoms. The van der Waals surface area contributed by atoms with Crippen molar-refractivity contribution in [1.29, 1.82) is 0 Å². The number of nitrogens with zero attached hydrogens (tertiary/aromatic N) is 1. The van der Waals surface area contributed by atoms with Gasteiger partial charge in [0.15, 0.2) is 0 Å². The second-order valence-corrected chi connectivity index (χ2v) is 6.71. The number of likely N-dealkylation sites (tertiary alicyclic amines) is 1. The van der Waals surface area contributed by atoms with Crippen LogP contribution in [-0.4, -0.2) is 44.6 Å². The summed E-state index contributed by atoms with van der Waals surface area (Å²) in [5.74, 6) is 2.26. The minimum Gasteiger partial charge on any atom is -0.496 e. The Hall–Kier alpha value is -1.26. The Morgan fingerprint density at radius 3 is 2.62 bits per heavy atom. The van der Waals surface area contributed by atoms with Gasteiger partial charge in [0.2, 0.25) is 5.91 Å². The third kappa shape index (κ3) is 5.99. The summed E-state index contributed by atoms with van der Waals surface area (Å²) < 4.78 is 5.40. The van der Waals surface area contributed by atoms with E-state index in [1.807, 2.05) is 30.1 Å². The number of para-hydroxylation sites is 1. The predicted octanol–water partition coefficient (Wildman–Crippen LogP) is 3.14. The highest BCUT2D eigenvalue weighted by Crippen LogP contribution is 2.23. The Balaban J connectivity index is 0.00000288. The van der Waals surface area contributed by atoms with E-state index in [0.717, 1.165) is 50.6 Å². The molecule has 0 aliphatic carbocycles. The average Bonchev–Trinajstić information content (AvgIpc) is 2.56. The molecule has 0 radical (unpaired) electrons. The molecule has 1 N–H and O–H groups in total. The molecular formula is C19H31ClN2O2. The van der Waals surface area contributed by atoms with E-state index < -0.39 is 0 Å². The lowest BCUT2D eigenvalue weighted by Gasteiger charge is -2.32. The van der Waals surface area contributed by atoms with Crippen molar-refractivity contribution in [2.45, 2.75) is 32.6 Å². The molecule has 1 aliphatic rings. The Morgan fingerprint density at radius 1 is 1.33 bits per heavy atom. The van der Waals surface area contributed by atoms with E-state index in [-0.39, 0.29) is 12.4 Å². The average molecular weight is 355 g/mol. The molecule has 1 heterocycles. The first-order chi connectivity index (χ1) is 11.1. The van der Waals surface area contributed by atoms with Crippen LogP contribution in [0.2, 0.25) is 0 Å². The zero-order chi connectivity index (χ0) is 16.7. The van der Waals surface area contributed by atoms with Gasteiger partial charge in [-0.05, 0) is 56.3 Å². The van der Waals surface area contributed by atoms with Gasteiger partial charge >= 0.3 is 0 Å². The fraction of sp³-hybridized carbons (Fsp3) is 0.632. The first-order valence-electron chi connectivity index (χ1n) is 8.68. The van der Waals surface area contributed by atoms with Gasteiger partial charge in [0.1, 0.15) is 5.75 Å². The van der Waals surface area contributed by atoms with Gasteiger partial charge in [-0.2, -0.15) is 0 Å². The van der Waals surface area contributed by atoms with Crippen molar-refractivity contribution in [2.75, 3.05) is 33.8 Å². The quantitative estimate of drug-likeness (QED) is 0.817. The van der Waals surface area contributed by atoms with E-state index in [9.17, 15) is 4.79 Å². The number of benzene rings is 1. The van der Waals surface area contributed by atoms with Crippen LogP contribution in [0.1, 0.15) is 31.7 Å². The Bertz CT molecular complexity index is 502. The molecular weight excluding hydrogens is 324 g/mol. The Kier molecular flexibility index (Phi) is 9.16. The van der Waals surface area contributed by atoms with Gasteiger partial charge in [-0.1, -0.05) is 25.1 Å². The van der Waals surface area contributed by atoms with Crippen molar-refractivity contribution in [3.8, 4) is 5.75 Å². The fourth-order valence-electron chi connectivity index (χ4n) is 3.42. The van der Waals surface area contributed by atoms with Gasteiger partial charge in [0.05, 0.1) is 7.11 Å². The maximum Gasteiger partial charge on any atom is 0.222 e. The molecule has 136 valence electrons. The van der Waals surface area contributed by atoms with Gasteiger partial charge in [0, 0.05) is 19.5 Å². The first kappa shape index (κ1) is 20.8. The number of halogens is 1. The van der Waals surface area contributed by atoms with Crippen LogP contribution < -0.4 is 10.1 Å². The highest BCUT2D eigenvalue weighted by atomic mass is 35.5. The molecule has 1 aliphatic heterocycles. The number of amides is 1. The molecule has 1 saturated heterocycles. The van der Waals surface area contributed by atoms with Crippen LogP contribution in [0.25, 0.3) is 0 Å². The molecule has 5 heteroatoms. The molecule has 0 spiro atoms. The number of nitrogens with one attached hydrogen (secondary N) is 1. The van der Waals surface area contributed by atoms with E-state index in [0.29, 0.717) is 18.2 Å². The van der Waals surface area contributed by atoms with Crippen molar-refractivity contribution in [2.24, 2.45) is 11.8 Å². The summed E-state index contributed by atoms with van der Waals surface area (Å²) in [5, 5.41) is 3.24. The number of carbonyl (C=O) groups excluding carboxylic acids is 1. The SMILES string of the molecule is CNCC1CCN(C(=O)CC(C)Cc2ccccc2OC)CC1.Cl. The number of hydrogen-bond donors (Lipinski definition) is 1. The van der Waals surface area contributed by atoms with Crippen molar-refractivity contribution >= 4 is 18.3 Å². The Labute approximate surface area is 152 Å². The third-order valence-electron chi connectivity index (χ3n) is 4.74. The number of carbonyl (C=O) groups is 1. The highest BCUT2D eigenvalue weighted by molar-refractivity contribution is 5.85. The fourth-order valence-corrected chi connectivity index (χ4v) is 3.42. The van der Waals surface area contributed by atoms with Crippen molar-refractivity contribution in [1.82, 2.24) is 10.2 Å². The lowest BCUT2D eigenvalue weighted by molar-refractivity contribution is -0.133. The van der Waals surface area contributed by atoms with Crippen molar-refractivity contribution < 1.29 is 9.53 Å². The molecule has 0 aromatic heterocycles. The minimum absolute atomic E-state index is 0. The molecule has 4 nitrogen and oxygen atoms in total. The smallest absolute Gasteiger partial charge is 0.222 e. The standard InChI is InChI=1S/C19H30N2O2.ClH/c1-15(12-17-6-4-5-7-18(17)23-3)13-19(22)21-10-8-16(9-11-21)14-20-2;/h4-7,15-16,20H,8-14H2,1-3H3;1H. The summed E-state index contributed by atoms with van der Waals surface area (Å²) in [6, 6.07) is 8.08. The molecule has 1 aromatic rings. The first-order valence-corrected chi connectivity index (χ1v) is 8.68. The van der Waals surface area contributed by atoms with Gasteiger partial charge in [-0.3, -0.25) is 4.79 Å². The van der Waals surface area contributed by atoms with Crippen LogP contribution >= 0.6 is 12.4 Å².